The van der Waals surface area contributed by atoms with Gasteiger partial charge in [-0.15, -0.1) is 0 Å². The molecule has 0 radical (unpaired) electrons. The molecule has 0 spiro atoms. The summed E-state index contributed by atoms with van der Waals surface area (Å²) in [6, 6.07) is 18.7. The fourth-order valence-electron chi connectivity index (χ4n) is 3.85. The first-order chi connectivity index (χ1) is 15.4. The van der Waals surface area contributed by atoms with E-state index in [1.54, 1.807) is 41.3 Å². The smallest absolute Gasteiger partial charge is 0.241 e. The summed E-state index contributed by atoms with van der Waals surface area (Å²) in [5.74, 6) is 0.403. The van der Waals surface area contributed by atoms with Crippen LogP contribution in [0, 0.1) is 11.3 Å². The lowest BCUT2D eigenvalue weighted by molar-refractivity contribution is -0.129. The van der Waals surface area contributed by atoms with Gasteiger partial charge in [0.1, 0.15) is 11.8 Å². The minimum Gasteiger partial charge on any atom is -0.494 e. The average molecular weight is 450 g/mol. The minimum absolute atomic E-state index is 0.103. The van der Waals surface area contributed by atoms with E-state index >= 15 is 0 Å². The molecule has 1 heterocycles. The summed E-state index contributed by atoms with van der Waals surface area (Å²) in [6.07, 6.45) is 0.387. The number of benzene rings is 3. The van der Waals surface area contributed by atoms with Gasteiger partial charge in [-0.25, -0.2) is 8.42 Å². The number of ether oxygens (including phenoxy) is 1. The Kier molecular flexibility index (Phi) is 6.12. The summed E-state index contributed by atoms with van der Waals surface area (Å²) in [6.45, 7) is 3.18. The van der Waals surface area contributed by atoms with Crippen molar-refractivity contribution in [2.24, 2.45) is 0 Å². The van der Waals surface area contributed by atoms with Gasteiger partial charge in [0.2, 0.25) is 15.9 Å². The molecule has 0 unspecified atom stereocenters. The van der Waals surface area contributed by atoms with Crippen LogP contribution in [0.2, 0.25) is 0 Å². The number of rotatable bonds is 7. The van der Waals surface area contributed by atoms with Crippen molar-refractivity contribution >= 4 is 26.7 Å². The van der Waals surface area contributed by atoms with Crippen LogP contribution < -0.4 is 9.46 Å². The number of fused-ring (bicyclic) bond motifs is 1. The third-order valence-electron chi connectivity index (χ3n) is 5.43. The summed E-state index contributed by atoms with van der Waals surface area (Å²) >= 11 is 0. The highest BCUT2D eigenvalue weighted by Gasteiger charge is 2.35. The van der Waals surface area contributed by atoms with Gasteiger partial charge in [0.05, 0.1) is 23.1 Å². The van der Waals surface area contributed by atoms with E-state index in [0.717, 1.165) is 16.3 Å². The van der Waals surface area contributed by atoms with Crippen LogP contribution in [0.4, 0.5) is 0 Å². The summed E-state index contributed by atoms with van der Waals surface area (Å²) in [5.41, 5.74) is 1.36. The van der Waals surface area contributed by atoms with Crippen LogP contribution in [0.3, 0.4) is 0 Å². The third-order valence-corrected chi connectivity index (χ3v) is 6.90. The predicted molar refractivity (Wildman–Crippen MR) is 120 cm³/mol. The summed E-state index contributed by atoms with van der Waals surface area (Å²) in [5, 5.41) is 10.7. The number of amides is 1. The molecule has 1 aliphatic rings. The molecule has 7 nitrogen and oxygen atoms in total. The topological polar surface area (TPSA) is 99.5 Å². The molecule has 1 saturated heterocycles. The Morgan fingerprint density at radius 2 is 1.94 bits per heavy atom. The van der Waals surface area contributed by atoms with Gasteiger partial charge >= 0.3 is 0 Å². The number of likely N-dealkylation sites (tertiary alicyclic amines) is 1. The second-order valence-corrected chi connectivity index (χ2v) is 9.35. The lowest BCUT2D eigenvalue weighted by atomic mass is 10.1. The van der Waals surface area contributed by atoms with E-state index in [0.29, 0.717) is 37.4 Å². The van der Waals surface area contributed by atoms with E-state index in [-0.39, 0.29) is 10.8 Å². The molecule has 0 aromatic heterocycles. The van der Waals surface area contributed by atoms with Crippen LogP contribution in [-0.4, -0.2) is 38.4 Å². The first-order valence-corrected chi connectivity index (χ1v) is 11.8. The Bertz CT molecular complexity index is 1310. The number of hydrogen-bond acceptors (Lipinski definition) is 5. The number of sulfonamides is 1. The molecule has 1 amide bonds. The fraction of sp³-hybridized carbons (Fsp3) is 0.250. The summed E-state index contributed by atoms with van der Waals surface area (Å²) in [4.78, 5) is 14.5. The average Bonchev–Trinajstić information content (AvgIpc) is 3.12. The maximum atomic E-state index is 13.0. The molecule has 0 aliphatic carbocycles. The largest absolute Gasteiger partial charge is 0.494 e. The van der Waals surface area contributed by atoms with Crippen molar-refractivity contribution in [3.8, 4) is 11.8 Å². The Morgan fingerprint density at radius 1 is 1.12 bits per heavy atom. The van der Waals surface area contributed by atoms with Crippen molar-refractivity contribution in [2.45, 2.75) is 30.8 Å². The molecule has 8 heteroatoms. The maximum absolute atomic E-state index is 13.0. The predicted octanol–water partition coefficient (Wildman–Crippen LogP) is 3.19. The first kappa shape index (κ1) is 21.8. The van der Waals surface area contributed by atoms with Crippen molar-refractivity contribution < 1.29 is 17.9 Å². The van der Waals surface area contributed by atoms with Gasteiger partial charge in [-0.3, -0.25) is 4.79 Å². The van der Waals surface area contributed by atoms with Crippen molar-refractivity contribution in [2.75, 3.05) is 13.2 Å². The molecule has 32 heavy (non-hydrogen) atoms. The Labute approximate surface area is 187 Å². The second kappa shape index (κ2) is 8.99. The first-order valence-electron chi connectivity index (χ1n) is 10.4. The van der Waals surface area contributed by atoms with Crippen LogP contribution in [0.25, 0.3) is 10.8 Å². The van der Waals surface area contributed by atoms with Gasteiger partial charge in [-0.1, -0.05) is 24.3 Å². The van der Waals surface area contributed by atoms with E-state index in [1.165, 1.54) is 6.07 Å². The zero-order valence-electron chi connectivity index (χ0n) is 17.6. The Morgan fingerprint density at radius 3 is 2.72 bits per heavy atom. The molecule has 1 aliphatic heterocycles. The molecule has 1 N–H and O–H groups in total. The molecular weight excluding hydrogens is 426 g/mol. The van der Waals surface area contributed by atoms with Gasteiger partial charge in [-0.2, -0.15) is 9.98 Å². The Balaban J connectivity index is 1.49. The Hall–Kier alpha value is -3.41. The molecular formula is C24H23N3O4S. The quantitative estimate of drug-likeness (QED) is 0.597. The number of carbonyl (C=O) groups is 1. The highest BCUT2D eigenvalue weighted by atomic mass is 32.2. The lowest BCUT2D eigenvalue weighted by Crippen LogP contribution is -2.41. The monoisotopic (exact) mass is 449 g/mol. The van der Waals surface area contributed by atoms with E-state index in [1.807, 2.05) is 25.1 Å². The van der Waals surface area contributed by atoms with E-state index < -0.39 is 16.1 Å². The number of carbonyl (C=O) groups excluding carboxylic acids is 1. The standard InChI is InChI=1S/C24H23N3O4S/c1-2-31-21-8-6-19-7-9-22(14-20(19)13-21)32(29,30)26-23-10-11-27(24(23)28)16-18-5-3-4-17(12-18)15-25/h3-9,12-14,23,26H,2,10-11,16H2,1H3/t23-/m0/s1. The lowest BCUT2D eigenvalue weighted by Gasteiger charge is -2.17. The highest BCUT2D eigenvalue weighted by molar-refractivity contribution is 7.89. The zero-order valence-corrected chi connectivity index (χ0v) is 18.4. The third kappa shape index (κ3) is 4.59. The van der Waals surface area contributed by atoms with E-state index in [9.17, 15) is 13.2 Å². The minimum atomic E-state index is -3.88. The number of nitriles is 1. The number of hydrogen-bond donors (Lipinski definition) is 1. The van der Waals surface area contributed by atoms with Crippen LogP contribution >= 0.6 is 0 Å². The molecule has 1 fully saturated rings. The van der Waals surface area contributed by atoms with Gasteiger partial charge in [-0.05, 0) is 66.1 Å². The van der Waals surface area contributed by atoms with Crippen molar-refractivity contribution in [3.05, 3.63) is 71.8 Å². The van der Waals surface area contributed by atoms with Gasteiger partial charge < -0.3 is 9.64 Å². The van der Waals surface area contributed by atoms with Gasteiger partial charge in [0.15, 0.2) is 0 Å². The normalized spacial score (nSPS) is 16.3. The molecule has 0 saturated carbocycles. The van der Waals surface area contributed by atoms with Crippen molar-refractivity contribution in [1.29, 1.82) is 5.26 Å². The van der Waals surface area contributed by atoms with E-state index in [4.69, 9.17) is 10.00 Å². The van der Waals surface area contributed by atoms with Crippen LogP contribution in [0.15, 0.2) is 65.6 Å². The number of nitrogens with zero attached hydrogens (tertiary/aromatic N) is 2. The van der Waals surface area contributed by atoms with Crippen molar-refractivity contribution in [3.63, 3.8) is 0 Å². The van der Waals surface area contributed by atoms with Crippen molar-refractivity contribution in [1.82, 2.24) is 9.62 Å². The molecule has 1 atom stereocenters. The molecule has 164 valence electrons. The van der Waals surface area contributed by atoms with Crippen LogP contribution in [-0.2, 0) is 21.4 Å². The SMILES string of the molecule is CCOc1ccc2ccc(S(=O)(=O)N[C@H]3CCN(Cc4cccc(C#N)c4)C3=O)cc2c1. The molecule has 4 rings (SSSR count). The summed E-state index contributed by atoms with van der Waals surface area (Å²) < 4.78 is 34.0. The molecule has 0 bridgehead atoms. The molecule has 3 aromatic carbocycles. The fourth-order valence-corrected chi connectivity index (χ4v) is 5.11. The van der Waals surface area contributed by atoms with Gasteiger partial charge in [0.25, 0.3) is 0 Å². The van der Waals surface area contributed by atoms with Gasteiger partial charge in [0, 0.05) is 13.1 Å². The van der Waals surface area contributed by atoms with E-state index in [2.05, 4.69) is 10.8 Å². The highest BCUT2D eigenvalue weighted by Crippen LogP contribution is 2.25. The maximum Gasteiger partial charge on any atom is 0.241 e. The summed E-state index contributed by atoms with van der Waals surface area (Å²) in [7, 11) is -3.88. The van der Waals surface area contributed by atoms with Crippen LogP contribution in [0.1, 0.15) is 24.5 Å². The van der Waals surface area contributed by atoms with Crippen LogP contribution in [0.5, 0.6) is 5.75 Å². The zero-order chi connectivity index (χ0) is 22.7. The molecule has 3 aromatic rings. The second-order valence-electron chi connectivity index (χ2n) is 7.64. The number of nitrogens with one attached hydrogen (secondary N) is 1.